The van der Waals surface area contributed by atoms with Crippen LogP contribution < -0.4 is 10.6 Å². The molecular formula is C10H13BrN4O3. The van der Waals surface area contributed by atoms with Crippen LogP contribution in [-0.4, -0.2) is 28.9 Å². The Morgan fingerprint density at radius 1 is 1.61 bits per heavy atom. The predicted molar refractivity (Wildman–Crippen MR) is 70.4 cm³/mol. The van der Waals surface area contributed by atoms with Crippen LogP contribution in [-0.2, 0) is 4.79 Å². The van der Waals surface area contributed by atoms with Crippen molar-refractivity contribution in [2.75, 3.05) is 18.4 Å². The Balaban J connectivity index is 2.53. The Labute approximate surface area is 112 Å². The van der Waals surface area contributed by atoms with Crippen LogP contribution in [0.15, 0.2) is 16.7 Å². The van der Waals surface area contributed by atoms with Gasteiger partial charge in [0, 0.05) is 25.6 Å². The molecule has 0 saturated heterocycles. The van der Waals surface area contributed by atoms with Crippen molar-refractivity contribution in [1.82, 2.24) is 10.3 Å². The minimum atomic E-state index is -0.518. The molecule has 0 fully saturated rings. The molecule has 98 valence electrons. The van der Waals surface area contributed by atoms with E-state index in [1.165, 1.54) is 12.3 Å². The third-order valence-corrected chi connectivity index (χ3v) is 2.66. The van der Waals surface area contributed by atoms with Crippen LogP contribution in [0, 0.1) is 10.1 Å². The molecule has 1 heterocycles. The van der Waals surface area contributed by atoms with Crippen molar-refractivity contribution >= 4 is 33.3 Å². The highest BCUT2D eigenvalue weighted by molar-refractivity contribution is 9.10. The van der Waals surface area contributed by atoms with Crippen molar-refractivity contribution in [2.24, 2.45) is 0 Å². The van der Waals surface area contributed by atoms with E-state index in [1.807, 2.05) is 6.92 Å². The van der Waals surface area contributed by atoms with Crippen molar-refractivity contribution in [1.29, 1.82) is 0 Å². The zero-order valence-electron chi connectivity index (χ0n) is 9.77. The normalized spacial score (nSPS) is 9.89. The van der Waals surface area contributed by atoms with Crippen molar-refractivity contribution < 1.29 is 9.72 Å². The molecule has 1 aromatic rings. The Hall–Kier alpha value is -1.70. The standard InChI is InChI=1S/C10H13BrN4O3/c1-2-12-9(16)3-4-13-10-8(11)5-7(6-14-10)15(17)18/h5-6H,2-4H2,1H3,(H,12,16)(H,13,14). The molecule has 0 radical (unpaired) electrons. The second kappa shape index (κ2) is 6.90. The number of nitrogens with zero attached hydrogens (tertiary/aromatic N) is 2. The van der Waals surface area contributed by atoms with E-state index in [2.05, 4.69) is 31.5 Å². The Morgan fingerprint density at radius 2 is 2.33 bits per heavy atom. The van der Waals surface area contributed by atoms with Crippen molar-refractivity contribution in [3.05, 3.63) is 26.9 Å². The number of rotatable bonds is 6. The molecule has 0 atom stereocenters. The zero-order valence-corrected chi connectivity index (χ0v) is 11.4. The molecule has 1 rings (SSSR count). The first-order valence-corrected chi connectivity index (χ1v) is 6.14. The molecule has 8 heteroatoms. The first-order valence-electron chi connectivity index (χ1n) is 5.35. The fourth-order valence-electron chi connectivity index (χ4n) is 1.24. The van der Waals surface area contributed by atoms with Gasteiger partial charge in [0.05, 0.1) is 9.40 Å². The van der Waals surface area contributed by atoms with Gasteiger partial charge in [-0.2, -0.15) is 0 Å². The van der Waals surface area contributed by atoms with Gasteiger partial charge in [0.2, 0.25) is 5.91 Å². The number of nitrogens with one attached hydrogen (secondary N) is 2. The first-order chi connectivity index (χ1) is 8.54. The SMILES string of the molecule is CCNC(=O)CCNc1ncc([N+](=O)[O-])cc1Br. The van der Waals surface area contributed by atoms with Gasteiger partial charge < -0.3 is 10.6 Å². The highest BCUT2D eigenvalue weighted by Gasteiger charge is 2.10. The Bertz CT molecular complexity index is 453. The van der Waals surface area contributed by atoms with E-state index in [0.29, 0.717) is 29.8 Å². The van der Waals surface area contributed by atoms with E-state index in [4.69, 9.17) is 0 Å². The molecule has 0 aliphatic heterocycles. The number of pyridine rings is 1. The number of carbonyl (C=O) groups is 1. The third kappa shape index (κ3) is 4.28. The van der Waals surface area contributed by atoms with Gasteiger partial charge in [-0.15, -0.1) is 0 Å². The Morgan fingerprint density at radius 3 is 2.89 bits per heavy atom. The van der Waals surface area contributed by atoms with E-state index < -0.39 is 4.92 Å². The van der Waals surface area contributed by atoms with Gasteiger partial charge in [-0.3, -0.25) is 14.9 Å². The number of halogens is 1. The molecule has 0 aliphatic carbocycles. The molecule has 0 aromatic carbocycles. The van der Waals surface area contributed by atoms with Crippen LogP contribution in [0.25, 0.3) is 0 Å². The zero-order chi connectivity index (χ0) is 13.5. The highest BCUT2D eigenvalue weighted by Crippen LogP contribution is 2.24. The van der Waals surface area contributed by atoms with Crippen LogP contribution in [0.2, 0.25) is 0 Å². The number of carbonyl (C=O) groups excluding carboxylic acids is 1. The number of aromatic nitrogens is 1. The van der Waals surface area contributed by atoms with Crippen LogP contribution >= 0.6 is 15.9 Å². The molecule has 0 spiro atoms. The minimum Gasteiger partial charge on any atom is -0.369 e. The smallest absolute Gasteiger partial charge is 0.288 e. The number of hydrogen-bond donors (Lipinski definition) is 2. The summed E-state index contributed by atoms with van der Waals surface area (Å²) in [5.74, 6) is 0.424. The Kier molecular flexibility index (Phi) is 5.50. The summed E-state index contributed by atoms with van der Waals surface area (Å²) in [7, 11) is 0. The maximum absolute atomic E-state index is 11.2. The molecule has 1 aromatic heterocycles. The topological polar surface area (TPSA) is 97.2 Å². The molecule has 18 heavy (non-hydrogen) atoms. The molecule has 0 unspecified atom stereocenters. The highest BCUT2D eigenvalue weighted by atomic mass is 79.9. The lowest BCUT2D eigenvalue weighted by Gasteiger charge is -2.07. The van der Waals surface area contributed by atoms with Crippen molar-refractivity contribution in [2.45, 2.75) is 13.3 Å². The minimum absolute atomic E-state index is 0.0527. The lowest BCUT2D eigenvalue weighted by Crippen LogP contribution is -2.24. The quantitative estimate of drug-likeness (QED) is 0.615. The summed E-state index contributed by atoms with van der Waals surface area (Å²) in [6.07, 6.45) is 1.48. The molecule has 2 N–H and O–H groups in total. The average Bonchev–Trinajstić information content (AvgIpc) is 2.31. The molecule has 0 aliphatic rings. The molecule has 7 nitrogen and oxygen atoms in total. The number of amides is 1. The van der Waals surface area contributed by atoms with Crippen LogP contribution in [0.4, 0.5) is 11.5 Å². The van der Waals surface area contributed by atoms with E-state index in [0.717, 1.165) is 0 Å². The van der Waals surface area contributed by atoms with Crippen LogP contribution in [0.5, 0.6) is 0 Å². The molecule has 0 bridgehead atoms. The van der Waals surface area contributed by atoms with Crippen molar-refractivity contribution in [3.63, 3.8) is 0 Å². The van der Waals surface area contributed by atoms with Gasteiger partial charge in [-0.05, 0) is 22.9 Å². The lowest BCUT2D eigenvalue weighted by molar-refractivity contribution is -0.385. The number of hydrogen-bond acceptors (Lipinski definition) is 5. The van der Waals surface area contributed by atoms with Gasteiger partial charge in [0.25, 0.3) is 5.69 Å². The number of anilines is 1. The monoisotopic (exact) mass is 316 g/mol. The largest absolute Gasteiger partial charge is 0.369 e. The summed E-state index contributed by atoms with van der Waals surface area (Å²) in [6.45, 7) is 2.85. The number of nitro groups is 1. The summed E-state index contributed by atoms with van der Waals surface area (Å²) in [4.78, 5) is 25.1. The predicted octanol–water partition coefficient (Wildman–Crippen LogP) is 1.69. The fourth-order valence-corrected chi connectivity index (χ4v) is 1.71. The van der Waals surface area contributed by atoms with Gasteiger partial charge in [0.1, 0.15) is 12.0 Å². The van der Waals surface area contributed by atoms with E-state index in [-0.39, 0.29) is 11.6 Å². The maximum Gasteiger partial charge on any atom is 0.288 e. The second-order valence-electron chi connectivity index (χ2n) is 3.41. The molecule has 1 amide bonds. The summed E-state index contributed by atoms with van der Waals surface area (Å²) in [6, 6.07) is 1.36. The van der Waals surface area contributed by atoms with E-state index >= 15 is 0 Å². The van der Waals surface area contributed by atoms with Gasteiger partial charge in [-0.1, -0.05) is 0 Å². The van der Waals surface area contributed by atoms with Gasteiger partial charge in [-0.25, -0.2) is 4.98 Å². The molecular weight excluding hydrogens is 304 g/mol. The first kappa shape index (κ1) is 14.4. The third-order valence-electron chi connectivity index (χ3n) is 2.06. The lowest BCUT2D eigenvalue weighted by atomic mass is 10.3. The van der Waals surface area contributed by atoms with Crippen LogP contribution in [0.3, 0.4) is 0 Å². The van der Waals surface area contributed by atoms with Gasteiger partial charge in [0.15, 0.2) is 0 Å². The summed E-state index contributed by atoms with van der Waals surface area (Å²) in [5.41, 5.74) is -0.0869. The van der Waals surface area contributed by atoms with E-state index in [1.54, 1.807) is 0 Å². The second-order valence-corrected chi connectivity index (χ2v) is 4.27. The summed E-state index contributed by atoms with van der Waals surface area (Å²) >= 11 is 3.18. The maximum atomic E-state index is 11.2. The van der Waals surface area contributed by atoms with E-state index in [9.17, 15) is 14.9 Å². The summed E-state index contributed by atoms with van der Waals surface area (Å²) in [5, 5.41) is 16.1. The van der Waals surface area contributed by atoms with Crippen molar-refractivity contribution in [3.8, 4) is 0 Å². The summed E-state index contributed by atoms with van der Waals surface area (Å²) < 4.78 is 0.493. The molecule has 0 saturated carbocycles. The average molecular weight is 317 g/mol. The van der Waals surface area contributed by atoms with Crippen LogP contribution in [0.1, 0.15) is 13.3 Å². The van der Waals surface area contributed by atoms with Gasteiger partial charge >= 0.3 is 0 Å². The fraction of sp³-hybridized carbons (Fsp3) is 0.400.